The number of allylic oxidation sites excluding steroid dienone is 1. The van der Waals surface area contributed by atoms with Gasteiger partial charge in [-0.25, -0.2) is 0 Å². The van der Waals surface area contributed by atoms with E-state index < -0.39 is 0 Å². The van der Waals surface area contributed by atoms with Crippen LogP contribution in [-0.4, -0.2) is 29.3 Å². The van der Waals surface area contributed by atoms with Crippen LogP contribution in [-0.2, 0) is 13.0 Å². The molecule has 0 saturated heterocycles. The fraction of sp³-hybridized carbons (Fsp3) is 0.350. The molecular weight excluding hydrogens is 282 g/mol. The molecule has 2 heterocycles. The van der Waals surface area contributed by atoms with Crippen LogP contribution < -0.4 is 0 Å². The molecule has 0 atom stereocenters. The van der Waals surface area contributed by atoms with Crippen LogP contribution in [0.1, 0.15) is 31.5 Å². The molecule has 1 aromatic carbocycles. The predicted octanol–water partition coefficient (Wildman–Crippen LogP) is 4.73. The van der Waals surface area contributed by atoms with Gasteiger partial charge in [-0.3, -0.25) is 4.99 Å². The number of hydrogen-bond acceptors (Lipinski definition) is 2. The summed E-state index contributed by atoms with van der Waals surface area (Å²) in [4.78, 5) is 6.28. The lowest BCUT2D eigenvalue weighted by Gasteiger charge is -2.23. The van der Waals surface area contributed by atoms with Crippen LogP contribution in [0.2, 0.25) is 0 Å². The number of hydrogen-bond donors (Lipinski definition) is 0. The Balaban J connectivity index is 0.000000236. The molecule has 1 aliphatic heterocycles. The van der Waals surface area contributed by atoms with Crippen molar-refractivity contribution in [2.45, 2.75) is 33.2 Å². The van der Waals surface area contributed by atoms with Crippen molar-refractivity contribution < 1.29 is 0 Å². The zero-order chi connectivity index (χ0) is 16.7. The Morgan fingerprint density at radius 2 is 2.09 bits per heavy atom. The quantitative estimate of drug-likeness (QED) is 0.751. The average Bonchev–Trinajstić information content (AvgIpc) is 2.89. The molecule has 0 unspecified atom stereocenters. The molecule has 3 heteroatoms. The molecule has 0 amide bonds. The predicted molar refractivity (Wildman–Crippen MR) is 102 cm³/mol. The molecule has 0 radical (unpaired) electrons. The molecule has 0 fully saturated rings. The standard InChI is InChI=1S/C14H16N2.C6H11N/c1-3-16-13-7-5-4-6-11(13)12-10-15(2)9-8-14(12)16;1-3-5-7-6-4-2/h3-7H,1,8-10H2,2H3;3,5-6H,4H2,1-2H3/b;5-3-,7-6?. The fourth-order valence-corrected chi connectivity index (χ4v) is 2.94. The molecule has 0 N–H and O–H groups in total. The van der Waals surface area contributed by atoms with E-state index in [1.807, 2.05) is 25.4 Å². The first-order valence-corrected chi connectivity index (χ1v) is 8.27. The first-order valence-electron chi connectivity index (χ1n) is 8.27. The third kappa shape index (κ3) is 3.99. The number of likely N-dealkylation sites (N-methyl/N-ethyl adjacent to an activating group) is 1. The van der Waals surface area contributed by atoms with Gasteiger partial charge in [-0.05, 0) is 32.0 Å². The van der Waals surface area contributed by atoms with Crippen molar-refractivity contribution in [2.24, 2.45) is 4.99 Å². The van der Waals surface area contributed by atoms with E-state index in [1.165, 1.54) is 22.2 Å². The number of fused-ring (bicyclic) bond motifs is 3. The second-order valence-corrected chi connectivity index (χ2v) is 5.71. The summed E-state index contributed by atoms with van der Waals surface area (Å²) >= 11 is 0. The normalized spacial score (nSPS) is 14.9. The highest BCUT2D eigenvalue weighted by atomic mass is 15.1. The van der Waals surface area contributed by atoms with E-state index in [1.54, 1.807) is 6.20 Å². The third-order valence-corrected chi connectivity index (χ3v) is 3.99. The van der Waals surface area contributed by atoms with E-state index >= 15 is 0 Å². The Morgan fingerprint density at radius 3 is 2.78 bits per heavy atom. The molecule has 23 heavy (non-hydrogen) atoms. The Labute approximate surface area is 139 Å². The average molecular weight is 309 g/mol. The van der Waals surface area contributed by atoms with Gasteiger partial charge < -0.3 is 9.47 Å². The van der Waals surface area contributed by atoms with E-state index in [4.69, 9.17) is 0 Å². The summed E-state index contributed by atoms with van der Waals surface area (Å²) in [7, 11) is 2.18. The highest BCUT2D eigenvalue weighted by Crippen LogP contribution is 2.30. The van der Waals surface area contributed by atoms with Crippen LogP contribution >= 0.6 is 0 Å². The summed E-state index contributed by atoms with van der Waals surface area (Å²) in [5.41, 5.74) is 4.20. The first kappa shape index (κ1) is 17.2. The number of aromatic nitrogens is 1. The second kappa shape index (κ2) is 8.49. The van der Waals surface area contributed by atoms with Crippen molar-refractivity contribution in [1.82, 2.24) is 9.47 Å². The summed E-state index contributed by atoms with van der Waals surface area (Å²) in [6, 6.07) is 8.60. The maximum absolute atomic E-state index is 3.93. The van der Waals surface area contributed by atoms with E-state index in [2.05, 4.69) is 59.3 Å². The van der Waals surface area contributed by atoms with Gasteiger partial charge in [0.15, 0.2) is 0 Å². The minimum absolute atomic E-state index is 1.02. The molecule has 0 bridgehead atoms. The molecule has 2 aromatic rings. The zero-order valence-corrected chi connectivity index (χ0v) is 14.5. The Hall–Kier alpha value is -2.13. The Kier molecular flexibility index (Phi) is 6.36. The number of nitrogens with zero attached hydrogens (tertiary/aromatic N) is 3. The van der Waals surface area contributed by atoms with Gasteiger partial charge in [0.1, 0.15) is 0 Å². The smallest absolute Gasteiger partial charge is 0.0528 e. The lowest BCUT2D eigenvalue weighted by atomic mass is 10.1. The number of aliphatic imine (C=N–C) groups is 1. The molecular formula is C20H27N3. The molecule has 122 valence electrons. The van der Waals surface area contributed by atoms with Crippen LogP contribution in [0.4, 0.5) is 0 Å². The van der Waals surface area contributed by atoms with Crippen molar-refractivity contribution in [3.05, 3.63) is 54.4 Å². The first-order chi connectivity index (χ1) is 11.2. The van der Waals surface area contributed by atoms with Crippen LogP contribution in [0.15, 0.2) is 48.1 Å². The van der Waals surface area contributed by atoms with Gasteiger partial charge in [0.2, 0.25) is 0 Å². The molecule has 3 nitrogen and oxygen atoms in total. The summed E-state index contributed by atoms with van der Waals surface area (Å²) in [6.07, 6.45) is 9.64. The number of benzene rings is 1. The molecule has 0 aliphatic carbocycles. The Bertz CT molecular complexity index is 707. The molecule has 0 saturated carbocycles. The van der Waals surface area contributed by atoms with Crippen LogP contribution in [0, 0.1) is 0 Å². The molecule has 1 aliphatic rings. The van der Waals surface area contributed by atoms with Gasteiger partial charge in [0.25, 0.3) is 0 Å². The number of rotatable bonds is 3. The molecule has 0 spiro atoms. The van der Waals surface area contributed by atoms with Gasteiger partial charge in [-0.15, -0.1) is 0 Å². The Morgan fingerprint density at radius 1 is 1.30 bits per heavy atom. The summed E-state index contributed by atoms with van der Waals surface area (Å²) in [6.45, 7) is 10.1. The van der Waals surface area contributed by atoms with Crippen LogP contribution in [0.3, 0.4) is 0 Å². The lowest BCUT2D eigenvalue weighted by Crippen LogP contribution is -2.26. The van der Waals surface area contributed by atoms with Gasteiger partial charge in [-0.2, -0.15) is 0 Å². The van der Waals surface area contributed by atoms with E-state index in [9.17, 15) is 0 Å². The van der Waals surface area contributed by atoms with E-state index in [-0.39, 0.29) is 0 Å². The highest BCUT2D eigenvalue weighted by Gasteiger charge is 2.20. The maximum atomic E-state index is 3.93. The van der Waals surface area contributed by atoms with Crippen LogP contribution in [0.25, 0.3) is 17.1 Å². The third-order valence-electron chi connectivity index (χ3n) is 3.99. The zero-order valence-electron chi connectivity index (χ0n) is 14.5. The minimum Gasteiger partial charge on any atom is -0.320 e. The van der Waals surface area contributed by atoms with Gasteiger partial charge in [0.05, 0.1) is 5.52 Å². The summed E-state index contributed by atoms with van der Waals surface area (Å²) in [5, 5.41) is 1.38. The van der Waals surface area contributed by atoms with Gasteiger partial charge in [0, 0.05) is 49.2 Å². The number of para-hydroxylation sites is 1. The van der Waals surface area contributed by atoms with Crippen molar-refractivity contribution in [2.75, 3.05) is 13.6 Å². The van der Waals surface area contributed by atoms with Crippen molar-refractivity contribution >= 4 is 23.3 Å². The van der Waals surface area contributed by atoms with Crippen molar-refractivity contribution in [1.29, 1.82) is 0 Å². The second-order valence-electron chi connectivity index (χ2n) is 5.71. The van der Waals surface area contributed by atoms with Crippen molar-refractivity contribution in [3.63, 3.8) is 0 Å². The maximum Gasteiger partial charge on any atom is 0.0528 e. The van der Waals surface area contributed by atoms with Crippen LogP contribution in [0.5, 0.6) is 0 Å². The lowest BCUT2D eigenvalue weighted by molar-refractivity contribution is 0.312. The highest BCUT2D eigenvalue weighted by molar-refractivity contribution is 5.87. The van der Waals surface area contributed by atoms with Crippen molar-refractivity contribution in [3.8, 4) is 0 Å². The van der Waals surface area contributed by atoms with E-state index in [0.29, 0.717) is 0 Å². The monoisotopic (exact) mass is 309 g/mol. The fourth-order valence-electron chi connectivity index (χ4n) is 2.94. The largest absolute Gasteiger partial charge is 0.320 e. The topological polar surface area (TPSA) is 20.5 Å². The van der Waals surface area contributed by atoms with Gasteiger partial charge in [-0.1, -0.05) is 37.8 Å². The SMILES string of the molecule is C/C=C\N=CCC.C=Cn1c2c(c3ccccc31)CN(C)CC2. The molecule has 1 aromatic heterocycles. The minimum atomic E-state index is 1.02. The molecule has 3 rings (SSSR count). The van der Waals surface area contributed by atoms with Gasteiger partial charge >= 0.3 is 0 Å². The summed E-state index contributed by atoms with van der Waals surface area (Å²) in [5.74, 6) is 0. The summed E-state index contributed by atoms with van der Waals surface area (Å²) < 4.78 is 2.25. The van der Waals surface area contributed by atoms with E-state index in [0.717, 1.165) is 25.9 Å².